The van der Waals surface area contributed by atoms with Crippen molar-refractivity contribution in [3.8, 4) is 11.5 Å². The molecule has 0 aliphatic rings. The van der Waals surface area contributed by atoms with Crippen LogP contribution in [0.5, 0.6) is 11.5 Å². The number of aryl methyl sites for hydroxylation is 1. The van der Waals surface area contributed by atoms with Gasteiger partial charge in [0.05, 0.1) is 17.9 Å². The molecule has 5 nitrogen and oxygen atoms in total. The van der Waals surface area contributed by atoms with E-state index in [9.17, 15) is 9.59 Å². The van der Waals surface area contributed by atoms with E-state index in [2.05, 4.69) is 5.32 Å². The first kappa shape index (κ1) is 17.5. The van der Waals surface area contributed by atoms with Crippen molar-refractivity contribution in [1.29, 1.82) is 0 Å². The zero-order valence-corrected chi connectivity index (χ0v) is 14.1. The molecule has 0 saturated heterocycles. The van der Waals surface area contributed by atoms with E-state index in [-0.39, 0.29) is 12.5 Å². The summed E-state index contributed by atoms with van der Waals surface area (Å²) in [5, 5.41) is 2.76. The summed E-state index contributed by atoms with van der Waals surface area (Å²) in [7, 11) is 0. The average molecular weight is 327 g/mol. The number of nitrogens with one attached hydrogen (secondary N) is 1. The summed E-state index contributed by atoms with van der Waals surface area (Å²) in [6.07, 6.45) is 0.327. The van der Waals surface area contributed by atoms with E-state index in [4.69, 9.17) is 9.47 Å². The minimum absolute atomic E-state index is 0.162. The lowest BCUT2D eigenvalue weighted by atomic mass is 10.1. The molecule has 0 bridgehead atoms. The van der Waals surface area contributed by atoms with Crippen molar-refractivity contribution in [1.82, 2.24) is 0 Å². The third kappa shape index (κ3) is 4.59. The quantitative estimate of drug-likeness (QED) is 0.803. The van der Waals surface area contributed by atoms with Crippen LogP contribution in [0.15, 0.2) is 42.5 Å². The molecular weight excluding hydrogens is 306 g/mol. The molecule has 0 radical (unpaired) electrons. The Morgan fingerprint density at radius 3 is 2.38 bits per heavy atom. The molecule has 2 aromatic rings. The van der Waals surface area contributed by atoms with E-state index in [0.29, 0.717) is 29.2 Å². The number of hydrogen-bond acceptors (Lipinski definition) is 4. The predicted molar refractivity (Wildman–Crippen MR) is 92.6 cm³/mol. The topological polar surface area (TPSA) is 64.6 Å². The lowest BCUT2D eigenvalue weighted by Gasteiger charge is -2.13. The number of anilines is 1. The Balaban J connectivity index is 2.32. The molecule has 0 aliphatic carbocycles. The first-order chi connectivity index (χ1) is 11.5. The van der Waals surface area contributed by atoms with Gasteiger partial charge in [-0.1, -0.05) is 24.6 Å². The van der Waals surface area contributed by atoms with E-state index in [0.717, 1.165) is 5.56 Å². The highest BCUT2D eigenvalue weighted by atomic mass is 16.5. The first-order valence-corrected chi connectivity index (χ1v) is 7.89. The summed E-state index contributed by atoms with van der Waals surface area (Å²) in [5.41, 5.74) is 1.92. The van der Waals surface area contributed by atoms with Crippen LogP contribution in [-0.4, -0.2) is 18.5 Å². The monoisotopic (exact) mass is 327 g/mol. The maximum Gasteiger partial charge on any atom is 0.338 e. The van der Waals surface area contributed by atoms with Gasteiger partial charge in [-0.3, -0.25) is 4.79 Å². The predicted octanol–water partition coefficient (Wildman–Crippen LogP) is 4.31. The molecule has 2 rings (SSSR count). The highest BCUT2D eigenvalue weighted by molar-refractivity contribution is 5.96. The van der Waals surface area contributed by atoms with Crippen molar-refractivity contribution in [3.05, 3.63) is 53.6 Å². The van der Waals surface area contributed by atoms with Gasteiger partial charge in [0, 0.05) is 6.42 Å². The Kier molecular flexibility index (Phi) is 5.95. The summed E-state index contributed by atoms with van der Waals surface area (Å²) in [4.78, 5) is 23.6. The zero-order valence-electron chi connectivity index (χ0n) is 14.1. The van der Waals surface area contributed by atoms with Gasteiger partial charge in [0.25, 0.3) is 0 Å². The number of amides is 1. The normalized spacial score (nSPS) is 10.1. The van der Waals surface area contributed by atoms with Crippen molar-refractivity contribution in [2.75, 3.05) is 11.9 Å². The van der Waals surface area contributed by atoms with E-state index in [1.807, 2.05) is 31.2 Å². The number of carbonyl (C=O) groups excluding carboxylic acids is 2. The lowest BCUT2D eigenvalue weighted by Crippen LogP contribution is -2.12. The van der Waals surface area contributed by atoms with Crippen molar-refractivity contribution < 1.29 is 19.1 Å². The molecule has 0 aromatic heterocycles. The molecule has 0 atom stereocenters. The van der Waals surface area contributed by atoms with E-state index < -0.39 is 5.97 Å². The number of benzene rings is 2. The van der Waals surface area contributed by atoms with Crippen molar-refractivity contribution in [3.63, 3.8) is 0 Å². The fourth-order valence-electron chi connectivity index (χ4n) is 2.03. The Bertz CT molecular complexity index is 723. The molecule has 0 unspecified atom stereocenters. The smallest absolute Gasteiger partial charge is 0.338 e. The summed E-state index contributed by atoms with van der Waals surface area (Å²) < 4.78 is 10.8. The Morgan fingerprint density at radius 1 is 1.04 bits per heavy atom. The van der Waals surface area contributed by atoms with Crippen LogP contribution in [0.3, 0.4) is 0 Å². The Morgan fingerprint density at radius 2 is 1.75 bits per heavy atom. The highest BCUT2D eigenvalue weighted by Gasteiger charge is 2.13. The van der Waals surface area contributed by atoms with Crippen LogP contribution >= 0.6 is 0 Å². The van der Waals surface area contributed by atoms with Crippen LogP contribution in [0.1, 0.15) is 36.2 Å². The molecule has 1 amide bonds. The van der Waals surface area contributed by atoms with Crippen molar-refractivity contribution in [2.45, 2.75) is 27.2 Å². The van der Waals surface area contributed by atoms with Gasteiger partial charge in [-0.15, -0.1) is 0 Å². The molecule has 126 valence electrons. The van der Waals surface area contributed by atoms with Gasteiger partial charge in [0.1, 0.15) is 5.75 Å². The third-order valence-electron chi connectivity index (χ3n) is 3.33. The highest BCUT2D eigenvalue weighted by Crippen LogP contribution is 2.31. The summed E-state index contributed by atoms with van der Waals surface area (Å²) in [6, 6.07) is 12.4. The molecular formula is C19H21NO4. The second-order valence-electron chi connectivity index (χ2n) is 5.25. The Labute approximate surface area is 141 Å². The molecule has 5 heteroatoms. The van der Waals surface area contributed by atoms with Crippen molar-refractivity contribution >= 4 is 17.6 Å². The van der Waals surface area contributed by atoms with Gasteiger partial charge in [-0.25, -0.2) is 4.79 Å². The van der Waals surface area contributed by atoms with Gasteiger partial charge in [0.2, 0.25) is 5.91 Å². The number of esters is 1. The van der Waals surface area contributed by atoms with Gasteiger partial charge >= 0.3 is 5.97 Å². The molecule has 0 aliphatic heterocycles. The number of hydrogen-bond donors (Lipinski definition) is 1. The van der Waals surface area contributed by atoms with Crippen LogP contribution in [-0.2, 0) is 9.53 Å². The van der Waals surface area contributed by atoms with Crippen LogP contribution in [0.25, 0.3) is 0 Å². The summed E-state index contributed by atoms with van der Waals surface area (Å²) in [5.74, 6) is 0.515. The largest absolute Gasteiger partial charge is 0.462 e. The van der Waals surface area contributed by atoms with Gasteiger partial charge in [0.15, 0.2) is 5.75 Å². The zero-order chi connectivity index (χ0) is 17.5. The first-order valence-electron chi connectivity index (χ1n) is 7.89. The van der Waals surface area contributed by atoms with Crippen LogP contribution < -0.4 is 10.1 Å². The maximum absolute atomic E-state index is 11.9. The molecule has 0 spiro atoms. The SMILES string of the molecule is CCOC(=O)c1ccc(Oc2ccc(C)cc2)c(NC(=O)CC)c1. The molecule has 2 aromatic carbocycles. The van der Waals surface area contributed by atoms with E-state index in [1.54, 1.807) is 32.0 Å². The maximum atomic E-state index is 11.9. The molecule has 0 fully saturated rings. The van der Waals surface area contributed by atoms with Gasteiger partial charge in [-0.2, -0.15) is 0 Å². The van der Waals surface area contributed by atoms with Crippen LogP contribution in [0, 0.1) is 6.92 Å². The molecule has 1 N–H and O–H groups in total. The number of ether oxygens (including phenoxy) is 2. The average Bonchev–Trinajstić information content (AvgIpc) is 2.58. The van der Waals surface area contributed by atoms with Crippen molar-refractivity contribution in [2.24, 2.45) is 0 Å². The fraction of sp³-hybridized carbons (Fsp3) is 0.263. The Hall–Kier alpha value is -2.82. The molecule has 24 heavy (non-hydrogen) atoms. The second kappa shape index (κ2) is 8.15. The fourth-order valence-corrected chi connectivity index (χ4v) is 2.03. The molecule has 0 saturated carbocycles. The summed E-state index contributed by atoms with van der Waals surface area (Å²) >= 11 is 0. The van der Waals surface area contributed by atoms with E-state index >= 15 is 0 Å². The minimum Gasteiger partial charge on any atom is -0.462 e. The van der Waals surface area contributed by atoms with Crippen LogP contribution in [0.4, 0.5) is 5.69 Å². The lowest BCUT2D eigenvalue weighted by molar-refractivity contribution is -0.115. The number of rotatable bonds is 6. The minimum atomic E-state index is -0.439. The van der Waals surface area contributed by atoms with Gasteiger partial charge < -0.3 is 14.8 Å². The second-order valence-corrected chi connectivity index (χ2v) is 5.25. The van der Waals surface area contributed by atoms with Crippen LogP contribution in [0.2, 0.25) is 0 Å². The molecule has 0 heterocycles. The van der Waals surface area contributed by atoms with Gasteiger partial charge in [-0.05, 0) is 44.2 Å². The summed E-state index contributed by atoms with van der Waals surface area (Å²) in [6.45, 7) is 5.78. The third-order valence-corrected chi connectivity index (χ3v) is 3.33. The standard InChI is InChI=1S/C19H21NO4/c1-4-18(21)20-16-12-14(19(22)23-5-2)8-11-17(16)24-15-9-6-13(3)7-10-15/h6-12H,4-5H2,1-3H3,(H,20,21). The van der Waals surface area contributed by atoms with E-state index in [1.165, 1.54) is 0 Å². The number of carbonyl (C=O) groups is 2.